The van der Waals surface area contributed by atoms with Gasteiger partial charge in [0, 0.05) is 23.1 Å². The number of hydrogen-bond donors (Lipinski definition) is 2. The first kappa shape index (κ1) is 37.0. The molecular weight excluding hydrogens is 670 g/mol. The van der Waals surface area contributed by atoms with Crippen molar-refractivity contribution >= 4 is 35.3 Å². The molecule has 2 aliphatic heterocycles. The second-order valence-corrected chi connectivity index (χ2v) is 12.7. The standard InChI is InChI=1S/C35H41N3O13/c1-6-21-22-16-20(49-33(44)50-34(3,4)5)8-9-26(22)37-28-23(21)18-38-27(28)17-25-24(29(38)39)19-48-30(40)35(25,7-2)51-32(43)47-15-14-46-13-12-45-11-10-36-31(41)42/h8-9,16-17,36H,6-7,10-15,18-19H2,1-5H3,(H,41,42)/t35-/m0/s1. The lowest BCUT2D eigenvalue weighted by Crippen LogP contribution is -2.47. The molecule has 0 saturated heterocycles. The molecule has 0 bridgehead atoms. The number of pyridine rings is 2. The Morgan fingerprint density at radius 3 is 2.41 bits per heavy atom. The number of nitrogens with zero attached hydrogens (tertiary/aromatic N) is 2. The molecule has 0 saturated carbocycles. The van der Waals surface area contributed by atoms with Gasteiger partial charge in [-0.2, -0.15) is 0 Å². The molecule has 274 valence electrons. The molecule has 0 fully saturated rings. The average Bonchev–Trinajstić information content (AvgIpc) is 3.43. The van der Waals surface area contributed by atoms with E-state index >= 15 is 0 Å². The zero-order valence-electron chi connectivity index (χ0n) is 29.1. The fourth-order valence-corrected chi connectivity index (χ4v) is 6.04. The molecule has 3 aromatic rings. The Hall–Kier alpha value is -5.22. The summed E-state index contributed by atoms with van der Waals surface area (Å²) >= 11 is 0. The Balaban J connectivity index is 1.35. The Kier molecular flexibility index (Phi) is 11.1. The van der Waals surface area contributed by atoms with Gasteiger partial charge in [-0.05, 0) is 63.4 Å². The van der Waals surface area contributed by atoms with E-state index < -0.39 is 41.1 Å². The number of cyclic esters (lactones) is 1. The minimum atomic E-state index is -1.95. The highest BCUT2D eigenvalue weighted by atomic mass is 16.7. The molecule has 16 nitrogen and oxygen atoms in total. The maximum absolute atomic E-state index is 14.0. The molecule has 16 heteroatoms. The van der Waals surface area contributed by atoms with Crippen LogP contribution in [0.15, 0.2) is 29.1 Å². The number of amides is 1. The van der Waals surface area contributed by atoms with Crippen LogP contribution in [-0.2, 0) is 58.4 Å². The monoisotopic (exact) mass is 711 g/mol. The van der Waals surface area contributed by atoms with Gasteiger partial charge in [-0.25, -0.2) is 24.2 Å². The van der Waals surface area contributed by atoms with Crippen LogP contribution in [0.3, 0.4) is 0 Å². The first-order valence-electron chi connectivity index (χ1n) is 16.6. The number of esters is 1. The molecule has 0 unspecified atom stereocenters. The van der Waals surface area contributed by atoms with Crippen LogP contribution in [0.25, 0.3) is 22.3 Å². The third kappa shape index (κ3) is 8.07. The zero-order chi connectivity index (χ0) is 36.9. The topological polar surface area (TPSA) is 200 Å². The Morgan fingerprint density at radius 2 is 1.73 bits per heavy atom. The number of carbonyl (C=O) groups excluding carboxylic acids is 3. The molecule has 0 spiro atoms. The fourth-order valence-electron chi connectivity index (χ4n) is 6.04. The number of carboxylic acid groups (broad SMARTS) is 1. The number of aromatic nitrogens is 2. The average molecular weight is 712 g/mol. The van der Waals surface area contributed by atoms with Crippen molar-refractivity contribution in [2.45, 2.75) is 71.8 Å². The molecular formula is C35H41N3O13. The highest BCUT2D eigenvalue weighted by molar-refractivity contribution is 5.90. The number of rotatable bonds is 13. The lowest BCUT2D eigenvalue weighted by Gasteiger charge is -2.35. The molecule has 1 aromatic carbocycles. The van der Waals surface area contributed by atoms with Crippen LogP contribution < -0.4 is 15.6 Å². The van der Waals surface area contributed by atoms with Crippen molar-refractivity contribution < 1.29 is 57.4 Å². The summed E-state index contributed by atoms with van der Waals surface area (Å²) in [4.78, 5) is 67.8. The number of carbonyl (C=O) groups is 4. The molecule has 0 aliphatic carbocycles. The summed E-state index contributed by atoms with van der Waals surface area (Å²) in [6.07, 6.45) is -2.59. The third-order valence-electron chi connectivity index (χ3n) is 8.29. The van der Waals surface area contributed by atoms with E-state index in [-0.39, 0.29) is 76.0 Å². The van der Waals surface area contributed by atoms with E-state index in [0.717, 1.165) is 16.5 Å². The molecule has 2 aliphatic rings. The second kappa shape index (κ2) is 15.3. The minimum Gasteiger partial charge on any atom is -0.465 e. The van der Waals surface area contributed by atoms with Gasteiger partial charge in [0.1, 0.15) is 24.6 Å². The SMILES string of the molecule is CCc1c2c(nc3ccc(OC(=O)OC(C)(C)C)cc13)-c1cc3c(c(=O)n1C2)COC(=O)[C@@]3(CC)OC(=O)OCCOCCOCCNC(=O)O. The van der Waals surface area contributed by atoms with E-state index in [1.54, 1.807) is 56.5 Å². The van der Waals surface area contributed by atoms with Crippen LogP contribution in [0.4, 0.5) is 14.4 Å². The summed E-state index contributed by atoms with van der Waals surface area (Å²) in [6, 6.07) is 6.71. The first-order valence-corrected chi connectivity index (χ1v) is 16.6. The number of fused-ring (bicyclic) bond motifs is 5. The molecule has 2 N–H and O–H groups in total. The van der Waals surface area contributed by atoms with E-state index in [4.69, 9.17) is 43.2 Å². The van der Waals surface area contributed by atoms with Crippen molar-refractivity contribution in [2.75, 3.05) is 39.6 Å². The van der Waals surface area contributed by atoms with E-state index in [1.807, 2.05) is 6.92 Å². The van der Waals surface area contributed by atoms with Crippen LogP contribution in [-0.4, -0.2) is 84.2 Å². The van der Waals surface area contributed by atoms with Gasteiger partial charge in [0.15, 0.2) is 0 Å². The maximum Gasteiger partial charge on any atom is 0.514 e. The molecule has 4 heterocycles. The number of aryl methyl sites for hydroxylation is 1. The predicted molar refractivity (Wildman–Crippen MR) is 179 cm³/mol. The minimum absolute atomic E-state index is 0.00560. The molecule has 51 heavy (non-hydrogen) atoms. The zero-order valence-corrected chi connectivity index (χ0v) is 29.1. The van der Waals surface area contributed by atoms with E-state index in [2.05, 4.69) is 5.32 Å². The van der Waals surface area contributed by atoms with E-state index in [1.165, 1.54) is 0 Å². The van der Waals surface area contributed by atoms with Gasteiger partial charge in [-0.15, -0.1) is 0 Å². The highest BCUT2D eigenvalue weighted by Crippen LogP contribution is 2.42. The number of ether oxygens (including phenoxy) is 7. The van der Waals surface area contributed by atoms with Crippen molar-refractivity contribution in [1.29, 1.82) is 0 Å². The lowest BCUT2D eigenvalue weighted by atomic mass is 9.85. The van der Waals surface area contributed by atoms with Gasteiger partial charge in [0.05, 0.1) is 55.4 Å². The van der Waals surface area contributed by atoms with Crippen LogP contribution >= 0.6 is 0 Å². The molecule has 1 amide bonds. The Labute approximate surface area is 292 Å². The quantitative estimate of drug-likeness (QED) is 0.0855. The van der Waals surface area contributed by atoms with Crippen molar-refractivity contribution in [1.82, 2.24) is 14.9 Å². The summed E-state index contributed by atoms with van der Waals surface area (Å²) in [7, 11) is 0. The van der Waals surface area contributed by atoms with Crippen molar-refractivity contribution in [3.05, 3.63) is 56.9 Å². The summed E-state index contributed by atoms with van der Waals surface area (Å²) in [5.74, 6) is -0.548. The van der Waals surface area contributed by atoms with E-state index in [0.29, 0.717) is 23.3 Å². The van der Waals surface area contributed by atoms with Crippen LogP contribution in [0.5, 0.6) is 5.75 Å². The Bertz CT molecular complexity index is 1900. The van der Waals surface area contributed by atoms with Gasteiger partial charge >= 0.3 is 24.4 Å². The van der Waals surface area contributed by atoms with Gasteiger partial charge in [0.25, 0.3) is 5.56 Å². The van der Waals surface area contributed by atoms with Gasteiger partial charge in [0.2, 0.25) is 5.60 Å². The predicted octanol–water partition coefficient (Wildman–Crippen LogP) is 4.42. The number of benzene rings is 1. The molecule has 0 radical (unpaired) electrons. The van der Waals surface area contributed by atoms with Crippen LogP contribution in [0.2, 0.25) is 0 Å². The van der Waals surface area contributed by atoms with Gasteiger partial charge < -0.3 is 48.1 Å². The smallest absolute Gasteiger partial charge is 0.465 e. The lowest BCUT2D eigenvalue weighted by molar-refractivity contribution is -0.175. The summed E-state index contributed by atoms with van der Waals surface area (Å²) in [5.41, 5.74) is 0.620. The normalized spacial score (nSPS) is 16.1. The van der Waals surface area contributed by atoms with Gasteiger partial charge in [-0.1, -0.05) is 13.8 Å². The van der Waals surface area contributed by atoms with Crippen molar-refractivity contribution in [3.8, 4) is 17.1 Å². The Morgan fingerprint density at radius 1 is 1.00 bits per heavy atom. The molecule has 1 atom stereocenters. The van der Waals surface area contributed by atoms with E-state index in [9.17, 15) is 24.0 Å². The molecule has 5 rings (SSSR count). The maximum atomic E-state index is 14.0. The van der Waals surface area contributed by atoms with Crippen LogP contribution in [0, 0.1) is 0 Å². The first-order chi connectivity index (χ1) is 24.3. The van der Waals surface area contributed by atoms with Crippen molar-refractivity contribution in [3.63, 3.8) is 0 Å². The third-order valence-corrected chi connectivity index (χ3v) is 8.29. The fraction of sp³-hybridized carbons (Fsp3) is 0.486. The largest absolute Gasteiger partial charge is 0.514 e. The molecule has 2 aromatic heterocycles. The van der Waals surface area contributed by atoms with Crippen molar-refractivity contribution in [2.24, 2.45) is 0 Å². The van der Waals surface area contributed by atoms with Gasteiger partial charge in [-0.3, -0.25) is 4.79 Å². The summed E-state index contributed by atoms with van der Waals surface area (Å²) < 4.78 is 39.1. The summed E-state index contributed by atoms with van der Waals surface area (Å²) in [6.45, 7) is 9.24. The number of hydrogen-bond acceptors (Lipinski definition) is 13. The van der Waals surface area contributed by atoms with Crippen LogP contribution in [0.1, 0.15) is 63.3 Å². The second-order valence-electron chi connectivity index (χ2n) is 12.7. The highest BCUT2D eigenvalue weighted by Gasteiger charge is 2.51. The summed E-state index contributed by atoms with van der Waals surface area (Å²) in [5, 5.41) is 11.5. The number of nitrogens with one attached hydrogen (secondary N) is 1.